The molecule has 2 heteroatoms. The number of rotatable bonds is 0. The Morgan fingerprint density at radius 3 is 1.17 bits per heavy atom. The quantitative estimate of drug-likeness (QED) is 0.583. The Bertz CT molecular complexity index is 9.51. The van der Waals surface area contributed by atoms with Crippen LogP contribution in [-0.2, 0) is 22.9 Å². The van der Waals surface area contributed by atoms with Crippen molar-refractivity contribution in [3.63, 3.8) is 0 Å². The first kappa shape index (κ1) is 10.1. The molecule has 0 saturated carbocycles. The molecule has 0 N–H and O–H groups in total. The molecule has 0 amide bonds. The van der Waals surface area contributed by atoms with E-state index in [9.17, 15) is 0 Å². The summed E-state index contributed by atoms with van der Waals surface area (Å²) in [6.07, 6.45) is 0. The van der Waals surface area contributed by atoms with Gasteiger partial charge in [0.25, 0.3) is 0 Å². The maximum absolute atomic E-state index is 2.32. The second-order valence-corrected chi connectivity index (χ2v) is 6.21. The van der Waals surface area contributed by atoms with Crippen molar-refractivity contribution in [1.82, 2.24) is 0 Å². The van der Waals surface area contributed by atoms with E-state index in [0.717, 1.165) is 0 Å². The minimum absolute atomic E-state index is 0.0833. The predicted octanol–water partition coefficient (Wildman–Crippen LogP) is 1.42. The van der Waals surface area contributed by atoms with Crippen LogP contribution in [0.2, 0.25) is 22.5 Å². The van der Waals surface area contributed by atoms with Crippen molar-refractivity contribution in [3.05, 3.63) is 0 Å². The average molecular weight is 269 g/mol. The third kappa shape index (κ3) is 71.9. The van der Waals surface area contributed by atoms with Crippen LogP contribution in [0.1, 0.15) is 0 Å². The molecule has 0 radical (unpaired) electrons. The molecule has 0 atom stereocenters. The fraction of sp³-hybridized carbons (Fsp3) is 1.00. The third-order valence-electron chi connectivity index (χ3n) is 0. The molecule has 0 aliphatic rings. The van der Waals surface area contributed by atoms with Crippen LogP contribution >= 0.6 is 0 Å². The summed E-state index contributed by atoms with van der Waals surface area (Å²) in [6, 6.07) is 0. The van der Waals surface area contributed by atoms with Gasteiger partial charge in [0.2, 0.25) is 0 Å². The molecule has 0 aliphatic carbocycles. The van der Waals surface area contributed by atoms with Crippen molar-refractivity contribution in [2.45, 2.75) is 22.5 Å². The molecule has 0 bridgehead atoms. The molecule has 0 aromatic heterocycles. The SMILES string of the molecule is C[SiH2]C.[CH3][Hf][CH3]. The van der Waals surface area contributed by atoms with E-state index in [2.05, 4.69) is 22.5 Å². The van der Waals surface area contributed by atoms with Crippen LogP contribution in [0.15, 0.2) is 0 Å². The molecule has 0 unspecified atom stereocenters. The van der Waals surface area contributed by atoms with Gasteiger partial charge in [-0.25, -0.2) is 0 Å². The molecule has 6 heavy (non-hydrogen) atoms. The van der Waals surface area contributed by atoms with Crippen molar-refractivity contribution in [2.24, 2.45) is 0 Å². The second kappa shape index (κ2) is 16.5. The third-order valence-corrected chi connectivity index (χ3v) is 0. The zero-order valence-corrected chi connectivity index (χ0v) is 10.2. The average Bonchev–Trinajstić information content (AvgIpc) is 1.39. The Labute approximate surface area is 54.9 Å². The van der Waals surface area contributed by atoms with Gasteiger partial charge in [0.15, 0.2) is 0 Å². The Hall–Kier alpha value is 1.09. The van der Waals surface area contributed by atoms with E-state index in [4.69, 9.17) is 0 Å². The van der Waals surface area contributed by atoms with Crippen molar-refractivity contribution in [3.8, 4) is 0 Å². The molecule has 0 aromatic rings. The molecule has 0 rings (SSSR count). The molecule has 0 saturated heterocycles. The van der Waals surface area contributed by atoms with Gasteiger partial charge in [-0.3, -0.25) is 0 Å². The van der Waals surface area contributed by atoms with Crippen LogP contribution in [0.25, 0.3) is 0 Å². The molecule has 0 heterocycles. The summed E-state index contributed by atoms with van der Waals surface area (Å²) in [7, 11) is 0.417. The normalized spacial score (nSPS) is 5.33. The van der Waals surface area contributed by atoms with Gasteiger partial charge in [0, 0.05) is 9.52 Å². The van der Waals surface area contributed by atoms with E-state index in [1.165, 1.54) is 0 Å². The van der Waals surface area contributed by atoms with E-state index in [0.29, 0.717) is 9.52 Å². The summed E-state index contributed by atoms with van der Waals surface area (Å²) in [5.74, 6) is 0. The molecule has 0 aromatic carbocycles. The van der Waals surface area contributed by atoms with Crippen molar-refractivity contribution < 1.29 is 22.9 Å². The first-order chi connectivity index (χ1) is 2.83. The van der Waals surface area contributed by atoms with E-state index >= 15 is 0 Å². The molecule has 0 fully saturated rings. The number of hydrogen-bond donors (Lipinski definition) is 0. The van der Waals surface area contributed by atoms with E-state index in [-0.39, 0.29) is 22.9 Å². The Kier molecular flexibility index (Phi) is 28.0. The predicted molar refractivity (Wildman–Crippen MR) is 32.0 cm³/mol. The summed E-state index contributed by atoms with van der Waals surface area (Å²) >= 11 is 0.0833. The summed E-state index contributed by atoms with van der Waals surface area (Å²) in [6.45, 7) is 4.53. The zero-order valence-electron chi connectivity index (χ0n) is 5.21. The maximum atomic E-state index is 2.32. The van der Waals surface area contributed by atoms with Gasteiger partial charge in [-0.2, -0.15) is 0 Å². The van der Waals surface area contributed by atoms with Crippen LogP contribution in [-0.4, -0.2) is 9.52 Å². The van der Waals surface area contributed by atoms with Crippen LogP contribution in [0.5, 0.6) is 0 Å². The molecule has 0 spiro atoms. The van der Waals surface area contributed by atoms with Gasteiger partial charge >= 0.3 is 32.3 Å². The van der Waals surface area contributed by atoms with Gasteiger partial charge < -0.3 is 0 Å². The first-order valence-electron chi connectivity index (χ1n) is 2.41. The second-order valence-electron chi connectivity index (χ2n) is 1.21. The van der Waals surface area contributed by atoms with Gasteiger partial charge in [-0.1, -0.05) is 13.1 Å². The van der Waals surface area contributed by atoms with Crippen molar-refractivity contribution in [2.75, 3.05) is 0 Å². The summed E-state index contributed by atoms with van der Waals surface area (Å²) in [4.78, 5) is 0. The Morgan fingerprint density at radius 2 is 1.17 bits per heavy atom. The first-order valence-corrected chi connectivity index (χ1v) is 12.4. The van der Waals surface area contributed by atoms with Gasteiger partial charge in [0.05, 0.1) is 0 Å². The van der Waals surface area contributed by atoms with Gasteiger partial charge in [-0.05, 0) is 0 Å². The fourth-order valence-corrected chi connectivity index (χ4v) is 0. The van der Waals surface area contributed by atoms with Crippen LogP contribution < -0.4 is 0 Å². The van der Waals surface area contributed by atoms with Crippen molar-refractivity contribution in [1.29, 1.82) is 0 Å². The van der Waals surface area contributed by atoms with Crippen LogP contribution in [0, 0.1) is 0 Å². The molecule has 0 nitrogen and oxygen atoms in total. The standard InChI is InChI=1S/C2H8Si.2CH3.Hf/c1-3-2;;;/h3H2,1-2H3;2*1H3;. The summed E-state index contributed by atoms with van der Waals surface area (Å²) in [5, 5.41) is 0. The van der Waals surface area contributed by atoms with E-state index in [1.54, 1.807) is 0 Å². The Morgan fingerprint density at radius 1 is 1.17 bits per heavy atom. The summed E-state index contributed by atoms with van der Waals surface area (Å²) < 4.78 is 4.64. The number of hydrogen-bond acceptors (Lipinski definition) is 0. The van der Waals surface area contributed by atoms with Crippen LogP contribution in [0.3, 0.4) is 0 Å². The summed E-state index contributed by atoms with van der Waals surface area (Å²) in [5.41, 5.74) is 0. The zero-order chi connectivity index (χ0) is 5.41. The molecule has 38 valence electrons. The van der Waals surface area contributed by atoms with Gasteiger partial charge in [0.1, 0.15) is 0 Å². The van der Waals surface area contributed by atoms with Crippen molar-refractivity contribution >= 4 is 9.52 Å². The molecular formula is C4H14HfSi. The van der Waals surface area contributed by atoms with E-state index < -0.39 is 0 Å². The van der Waals surface area contributed by atoms with Crippen LogP contribution in [0.4, 0.5) is 0 Å². The van der Waals surface area contributed by atoms with E-state index in [1.807, 2.05) is 0 Å². The fourth-order valence-electron chi connectivity index (χ4n) is 0. The topological polar surface area (TPSA) is 0 Å². The molecular weight excluding hydrogens is 255 g/mol. The van der Waals surface area contributed by atoms with Gasteiger partial charge in [-0.15, -0.1) is 0 Å². The monoisotopic (exact) mass is 270 g/mol. The molecule has 0 aliphatic heterocycles. The minimum atomic E-state index is 0.0833. The Balaban J connectivity index is 0.